The summed E-state index contributed by atoms with van der Waals surface area (Å²) in [6.45, 7) is 6.56. The predicted octanol–water partition coefficient (Wildman–Crippen LogP) is 2.51. The molecule has 28 heavy (non-hydrogen) atoms. The van der Waals surface area contributed by atoms with Crippen LogP contribution in [-0.2, 0) is 4.74 Å². The van der Waals surface area contributed by atoms with Crippen LogP contribution < -0.4 is 10.2 Å². The number of aryl methyl sites for hydroxylation is 2. The van der Waals surface area contributed by atoms with Crippen molar-refractivity contribution in [2.75, 3.05) is 24.5 Å². The molecule has 3 aliphatic rings. The molecule has 2 aromatic heterocycles. The van der Waals surface area contributed by atoms with E-state index in [1.807, 2.05) is 25.3 Å². The topological polar surface area (TPSA) is 67.4 Å². The van der Waals surface area contributed by atoms with Crippen LogP contribution in [0.1, 0.15) is 34.3 Å². The molecule has 5 rings (SSSR count). The third-order valence-corrected chi connectivity index (χ3v) is 6.70. The van der Waals surface area contributed by atoms with E-state index in [1.165, 1.54) is 5.56 Å². The Kier molecular flexibility index (Phi) is 4.12. The van der Waals surface area contributed by atoms with E-state index in [4.69, 9.17) is 4.74 Å². The number of pyridine rings is 2. The highest BCUT2D eigenvalue weighted by molar-refractivity contribution is 5.94. The van der Waals surface area contributed by atoms with E-state index in [0.29, 0.717) is 23.9 Å². The van der Waals surface area contributed by atoms with Crippen LogP contribution in [0.2, 0.25) is 0 Å². The Morgan fingerprint density at radius 3 is 3.11 bits per heavy atom. The quantitative estimate of drug-likeness (QED) is 0.885. The summed E-state index contributed by atoms with van der Waals surface area (Å²) in [5.41, 5.74) is 2.74. The van der Waals surface area contributed by atoms with Crippen molar-refractivity contribution >= 4 is 11.7 Å². The molecule has 6 nitrogen and oxygen atoms in total. The Bertz CT molecular complexity index is 917. The van der Waals surface area contributed by atoms with Gasteiger partial charge >= 0.3 is 0 Å². The maximum Gasteiger partial charge on any atom is 0.252 e. The van der Waals surface area contributed by atoms with Gasteiger partial charge in [0.1, 0.15) is 5.82 Å². The average molecular weight is 378 g/mol. The number of hydrogen-bond donors (Lipinski definition) is 1. The van der Waals surface area contributed by atoms with Crippen molar-refractivity contribution < 1.29 is 9.53 Å². The molecule has 2 aromatic rings. The summed E-state index contributed by atoms with van der Waals surface area (Å²) in [5.74, 6) is 1.79. The molecular formula is C22H26N4O2. The number of amides is 1. The summed E-state index contributed by atoms with van der Waals surface area (Å²) < 4.78 is 6.51. The van der Waals surface area contributed by atoms with Crippen LogP contribution in [0.25, 0.3) is 0 Å². The molecule has 5 heterocycles. The first-order chi connectivity index (χ1) is 13.6. The number of nitrogens with one attached hydrogen (secondary N) is 1. The Labute approximate surface area is 165 Å². The summed E-state index contributed by atoms with van der Waals surface area (Å²) in [7, 11) is 0. The maximum atomic E-state index is 12.6. The van der Waals surface area contributed by atoms with E-state index in [2.05, 4.69) is 33.2 Å². The highest BCUT2D eigenvalue weighted by Gasteiger charge is 2.63. The Morgan fingerprint density at radius 2 is 2.29 bits per heavy atom. The number of nitrogens with zero attached hydrogens (tertiary/aromatic N) is 3. The first-order valence-corrected chi connectivity index (χ1v) is 10.1. The van der Waals surface area contributed by atoms with Crippen LogP contribution in [0.15, 0.2) is 36.8 Å². The van der Waals surface area contributed by atoms with Crippen molar-refractivity contribution in [3.63, 3.8) is 0 Å². The van der Waals surface area contributed by atoms with Gasteiger partial charge in [0.2, 0.25) is 0 Å². The lowest BCUT2D eigenvalue weighted by atomic mass is 9.73. The number of fused-ring (bicyclic) bond motifs is 1. The van der Waals surface area contributed by atoms with Crippen LogP contribution in [0, 0.1) is 25.7 Å². The van der Waals surface area contributed by atoms with Crippen molar-refractivity contribution in [3.05, 3.63) is 53.5 Å². The molecule has 3 saturated heterocycles. The van der Waals surface area contributed by atoms with Crippen molar-refractivity contribution in [2.24, 2.45) is 11.8 Å². The summed E-state index contributed by atoms with van der Waals surface area (Å²) in [5, 5.41) is 3.14. The molecule has 146 valence electrons. The minimum Gasteiger partial charge on any atom is -0.369 e. The molecule has 6 heteroatoms. The Morgan fingerprint density at radius 1 is 1.39 bits per heavy atom. The number of anilines is 1. The van der Waals surface area contributed by atoms with Gasteiger partial charge in [-0.15, -0.1) is 0 Å². The Hall–Kier alpha value is -2.47. The fraction of sp³-hybridized carbons (Fsp3) is 0.500. The molecule has 0 aromatic carbocycles. The fourth-order valence-electron chi connectivity index (χ4n) is 5.43. The summed E-state index contributed by atoms with van der Waals surface area (Å²) in [6.07, 6.45) is 7.70. The third kappa shape index (κ3) is 2.78. The first-order valence-electron chi connectivity index (χ1n) is 10.1. The van der Waals surface area contributed by atoms with Gasteiger partial charge in [0.25, 0.3) is 5.91 Å². The van der Waals surface area contributed by atoms with Crippen LogP contribution in [-0.4, -0.2) is 47.2 Å². The van der Waals surface area contributed by atoms with Gasteiger partial charge in [0.15, 0.2) is 0 Å². The van der Waals surface area contributed by atoms with E-state index in [9.17, 15) is 4.79 Å². The van der Waals surface area contributed by atoms with Gasteiger partial charge in [0, 0.05) is 50.1 Å². The lowest BCUT2D eigenvalue weighted by molar-refractivity contribution is 0.0141. The summed E-state index contributed by atoms with van der Waals surface area (Å²) >= 11 is 0. The molecule has 0 radical (unpaired) electrons. The number of rotatable bonds is 4. The predicted molar refractivity (Wildman–Crippen MR) is 106 cm³/mol. The molecule has 1 amide bonds. The molecule has 0 unspecified atom stereocenters. The maximum absolute atomic E-state index is 12.6. The molecule has 2 bridgehead atoms. The van der Waals surface area contributed by atoms with E-state index in [1.54, 1.807) is 12.4 Å². The minimum absolute atomic E-state index is 0.0524. The average Bonchev–Trinajstić information content (AvgIpc) is 3.35. The molecule has 0 saturated carbocycles. The fourth-order valence-corrected chi connectivity index (χ4v) is 5.43. The second-order valence-electron chi connectivity index (χ2n) is 8.52. The Balaban J connectivity index is 1.31. The van der Waals surface area contributed by atoms with Gasteiger partial charge in [-0.1, -0.05) is 6.07 Å². The lowest BCUT2D eigenvalue weighted by Gasteiger charge is -2.29. The van der Waals surface area contributed by atoms with E-state index < -0.39 is 0 Å². The summed E-state index contributed by atoms with van der Waals surface area (Å²) in [6, 6.07) is 5.97. The van der Waals surface area contributed by atoms with Crippen LogP contribution in [0.4, 0.5) is 5.82 Å². The highest BCUT2D eigenvalue weighted by Crippen LogP contribution is 2.55. The van der Waals surface area contributed by atoms with Gasteiger partial charge in [0.05, 0.1) is 17.3 Å². The van der Waals surface area contributed by atoms with Gasteiger partial charge < -0.3 is 15.0 Å². The van der Waals surface area contributed by atoms with Crippen LogP contribution in [0.3, 0.4) is 0 Å². The van der Waals surface area contributed by atoms with Crippen molar-refractivity contribution in [1.29, 1.82) is 0 Å². The number of ether oxygens (including phenoxy) is 1. The third-order valence-electron chi connectivity index (χ3n) is 6.70. The van der Waals surface area contributed by atoms with Gasteiger partial charge in [-0.3, -0.25) is 9.78 Å². The normalized spacial score (nSPS) is 30.5. The van der Waals surface area contributed by atoms with Crippen LogP contribution >= 0.6 is 0 Å². The minimum atomic E-state index is -0.0745. The zero-order chi connectivity index (χ0) is 19.3. The number of aromatic nitrogens is 2. The molecule has 4 atom stereocenters. The smallest absolute Gasteiger partial charge is 0.252 e. The molecule has 3 fully saturated rings. The van der Waals surface area contributed by atoms with Crippen molar-refractivity contribution in [3.8, 4) is 0 Å². The van der Waals surface area contributed by atoms with E-state index in [-0.39, 0.29) is 17.6 Å². The second-order valence-corrected chi connectivity index (χ2v) is 8.52. The SMILES string of the molecule is Cc1cncc(C(=O)NC[C@H]2[C@H]3CN(c4ncccc4C)C[C@]34CC[C@H]2O4)c1. The van der Waals surface area contributed by atoms with Crippen molar-refractivity contribution in [2.45, 2.75) is 38.4 Å². The molecule has 1 spiro atoms. The van der Waals surface area contributed by atoms with Gasteiger partial charge in [-0.05, 0) is 49.9 Å². The molecule has 3 aliphatic heterocycles. The first kappa shape index (κ1) is 17.6. The largest absolute Gasteiger partial charge is 0.369 e. The van der Waals surface area contributed by atoms with Gasteiger partial charge in [-0.25, -0.2) is 4.98 Å². The lowest BCUT2D eigenvalue weighted by Crippen LogP contribution is -2.41. The van der Waals surface area contributed by atoms with E-state index in [0.717, 1.165) is 37.3 Å². The van der Waals surface area contributed by atoms with Gasteiger partial charge in [-0.2, -0.15) is 0 Å². The monoisotopic (exact) mass is 378 g/mol. The van der Waals surface area contributed by atoms with E-state index >= 15 is 0 Å². The number of carbonyl (C=O) groups excluding carboxylic acids is 1. The zero-order valence-corrected chi connectivity index (χ0v) is 16.4. The summed E-state index contributed by atoms with van der Waals surface area (Å²) in [4.78, 5) is 23.7. The molecular weight excluding hydrogens is 352 g/mol. The zero-order valence-electron chi connectivity index (χ0n) is 16.4. The number of carbonyl (C=O) groups is 1. The van der Waals surface area contributed by atoms with Crippen LogP contribution in [0.5, 0.6) is 0 Å². The molecule has 1 N–H and O–H groups in total. The standard InChI is InChI=1S/C22H26N4O2/c1-14-8-16(10-23-9-14)21(27)25-11-17-18-12-26(20-15(2)4-3-7-24-20)13-22(18)6-5-19(17)28-22/h3-4,7-10,17-19H,5-6,11-13H2,1-2H3,(H,25,27)/t17-,18+,19+,22+/m0/s1. The van der Waals surface area contributed by atoms with Crippen molar-refractivity contribution in [1.82, 2.24) is 15.3 Å². The second kappa shape index (κ2) is 6.55. The molecule has 0 aliphatic carbocycles. The number of hydrogen-bond acceptors (Lipinski definition) is 5. The highest BCUT2D eigenvalue weighted by atomic mass is 16.5.